The maximum absolute atomic E-state index is 10.4. The molecule has 0 saturated heterocycles. The third-order valence-corrected chi connectivity index (χ3v) is 3.33. The molecule has 2 nitrogen and oxygen atoms in total. The lowest BCUT2D eigenvalue weighted by Gasteiger charge is -2.15. The van der Waals surface area contributed by atoms with E-state index in [1.807, 2.05) is 32.0 Å². The van der Waals surface area contributed by atoms with Crippen LogP contribution in [0.25, 0.3) is 0 Å². The summed E-state index contributed by atoms with van der Waals surface area (Å²) in [6.45, 7) is 3.92. The van der Waals surface area contributed by atoms with Crippen LogP contribution in [0.3, 0.4) is 0 Å². The molecule has 1 heterocycles. The van der Waals surface area contributed by atoms with Crippen LogP contribution in [0.15, 0.2) is 30.5 Å². The predicted molar refractivity (Wildman–Crippen MR) is 74.2 cm³/mol. The monoisotopic (exact) mass is 281 g/mol. The third-order valence-electron chi connectivity index (χ3n) is 2.82. The minimum Gasteiger partial charge on any atom is -0.382 e. The van der Waals surface area contributed by atoms with E-state index in [2.05, 4.69) is 4.98 Å². The molecule has 1 atom stereocenters. The number of pyridine rings is 1. The van der Waals surface area contributed by atoms with E-state index in [-0.39, 0.29) is 0 Å². The second-order valence-electron chi connectivity index (χ2n) is 4.28. The van der Waals surface area contributed by atoms with Crippen LogP contribution < -0.4 is 0 Å². The number of nitrogens with zero attached hydrogens (tertiary/aromatic N) is 1. The number of rotatable bonds is 2. The largest absolute Gasteiger partial charge is 0.382 e. The summed E-state index contributed by atoms with van der Waals surface area (Å²) in [5, 5.41) is 11.2. The van der Waals surface area contributed by atoms with Gasteiger partial charge in [0.25, 0.3) is 0 Å². The highest BCUT2D eigenvalue weighted by Crippen LogP contribution is 2.30. The Kier molecular flexibility index (Phi) is 3.91. The first-order valence-electron chi connectivity index (χ1n) is 5.55. The Morgan fingerprint density at radius 2 is 1.89 bits per heavy atom. The molecule has 1 aromatic heterocycles. The maximum atomic E-state index is 10.4. The van der Waals surface area contributed by atoms with E-state index in [1.165, 1.54) is 6.20 Å². The van der Waals surface area contributed by atoms with Gasteiger partial charge in [-0.2, -0.15) is 0 Å². The second-order valence-corrected chi connectivity index (χ2v) is 5.13. The fourth-order valence-corrected chi connectivity index (χ4v) is 2.31. The first-order chi connectivity index (χ1) is 8.49. The van der Waals surface area contributed by atoms with Gasteiger partial charge in [0.2, 0.25) is 0 Å². The van der Waals surface area contributed by atoms with Gasteiger partial charge in [0.1, 0.15) is 6.10 Å². The first-order valence-corrected chi connectivity index (χ1v) is 6.31. The number of benzene rings is 1. The Hall–Kier alpha value is -1.09. The van der Waals surface area contributed by atoms with Crippen molar-refractivity contribution in [2.75, 3.05) is 0 Å². The molecule has 0 saturated carbocycles. The smallest absolute Gasteiger partial charge is 0.123 e. The van der Waals surface area contributed by atoms with Gasteiger partial charge in [-0.15, -0.1) is 0 Å². The van der Waals surface area contributed by atoms with Crippen LogP contribution in [0.5, 0.6) is 0 Å². The number of aliphatic hydroxyl groups is 1. The average Bonchev–Trinajstić information content (AvgIpc) is 2.31. The lowest BCUT2D eigenvalue weighted by Crippen LogP contribution is -2.05. The fourth-order valence-electron chi connectivity index (χ4n) is 1.83. The Bertz CT molecular complexity index is 584. The van der Waals surface area contributed by atoms with Crippen LogP contribution in [-0.2, 0) is 0 Å². The topological polar surface area (TPSA) is 33.1 Å². The molecule has 0 aliphatic rings. The van der Waals surface area contributed by atoms with Crippen LogP contribution in [0, 0.1) is 13.8 Å². The molecule has 1 unspecified atom stereocenters. The van der Waals surface area contributed by atoms with Crippen molar-refractivity contribution in [2.45, 2.75) is 20.0 Å². The molecule has 2 rings (SSSR count). The lowest BCUT2D eigenvalue weighted by molar-refractivity contribution is 0.214. The van der Waals surface area contributed by atoms with Gasteiger partial charge >= 0.3 is 0 Å². The van der Waals surface area contributed by atoms with Crippen LogP contribution in [0.4, 0.5) is 0 Å². The van der Waals surface area contributed by atoms with E-state index >= 15 is 0 Å². The van der Waals surface area contributed by atoms with Gasteiger partial charge in [-0.05, 0) is 31.0 Å². The molecule has 0 fully saturated rings. The maximum Gasteiger partial charge on any atom is 0.123 e. The highest BCUT2D eigenvalue weighted by Gasteiger charge is 2.17. The zero-order valence-corrected chi connectivity index (χ0v) is 11.6. The lowest BCUT2D eigenvalue weighted by atomic mass is 9.98. The molecule has 1 aromatic carbocycles. The molecule has 0 radical (unpaired) electrons. The summed E-state index contributed by atoms with van der Waals surface area (Å²) in [6, 6.07) is 7.49. The number of halogens is 2. The van der Waals surface area contributed by atoms with Gasteiger partial charge in [0.05, 0.1) is 15.7 Å². The number of aryl methyl sites for hydroxylation is 2. The molecular formula is C14H13Cl2NO. The molecule has 0 spiro atoms. The van der Waals surface area contributed by atoms with Gasteiger partial charge < -0.3 is 5.11 Å². The van der Waals surface area contributed by atoms with Gasteiger partial charge in [-0.1, -0.05) is 47.0 Å². The fraction of sp³-hybridized carbons (Fsp3) is 0.214. The summed E-state index contributed by atoms with van der Waals surface area (Å²) in [4.78, 5) is 4.11. The SMILES string of the molecule is Cc1ccc(C)c(C(O)c2ncc(Cl)cc2Cl)c1. The molecule has 0 amide bonds. The van der Waals surface area contributed by atoms with Crippen molar-refractivity contribution >= 4 is 23.2 Å². The predicted octanol–water partition coefficient (Wildman–Crippen LogP) is 4.09. The van der Waals surface area contributed by atoms with Gasteiger partial charge in [0.15, 0.2) is 0 Å². The Morgan fingerprint density at radius 1 is 1.17 bits per heavy atom. The highest BCUT2D eigenvalue weighted by atomic mass is 35.5. The van der Waals surface area contributed by atoms with E-state index in [4.69, 9.17) is 23.2 Å². The molecule has 0 aliphatic heterocycles. The van der Waals surface area contributed by atoms with E-state index in [0.717, 1.165) is 16.7 Å². The third kappa shape index (κ3) is 2.66. The van der Waals surface area contributed by atoms with Crippen LogP contribution in [0.1, 0.15) is 28.5 Å². The minimum absolute atomic E-state index is 0.371. The number of hydrogen-bond acceptors (Lipinski definition) is 2. The van der Waals surface area contributed by atoms with Crippen molar-refractivity contribution in [3.05, 3.63) is 62.9 Å². The molecule has 94 valence electrons. The zero-order valence-electron chi connectivity index (χ0n) is 10.1. The van der Waals surface area contributed by atoms with Gasteiger partial charge in [-0.3, -0.25) is 4.98 Å². The highest BCUT2D eigenvalue weighted by molar-refractivity contribution is 6.34. The molecular weight excluding hydrogens is 269 g/mol. The number of aliphatic hydroxyl groups excluding tert-OH is 1. The van der Waals surface area contributed by atoms with E-state index < -0.39 is 6.10 Å². The van der Waals surface area contributed by atoms with E-state index in [0.29, 0.717) is 15.7 Å². The van der Waals surface area contributed by atoms with Crippen molar-refractivity contribution in [3.8, 4) is 0 Å². The van der Waals surface area contributed by atoms with Crippen molar-refractivity contribution in [1.29, 1.82) is 0 Å². The van der Waals surface area contributed by atoms with E-state index in [1.54, 1.807) is 6.07 Å². The Morgan fingerprint density at radius 3 is 2.56 bits per heavy atom. The summed E-state index contributed by atoms with van der Waals surface area (Å²) in [6.07, 6.45) is 0.645. The van der Waals surface area contributed by atoms with Crippen molar-refractivity contribution < 1.29 is 5.11 Å². The number of hydrogen-bond donors (Lipinski definition) is 1. The Labute approximate surface area is 116 Å². The molecule has 2 aromatic rings. The standard InChI is InChI=1S/C14H13Cl2NO/c1-8-3-4-9(2)11(5-8)14(18)13-12(16)6-10(15)7-17-13/h3-7,14,18H,1-2H3. The van der Waals surface area contributed by atoms with Crippen LogP contribution in [0.2, 0.25) is 10.0 Å². The van der Waals surface area contributed by atoms with Crippen molar-refractivity contribution in [1.82, 2.24) is 4.98 Å². The molecule has 4 heteroatoms. The Balaban J connectivity index is 2.47. The zero-order chi connectivity index (χ0) is 13.3. The molecule has 0 aliphatic carbocycles. The van der Waals surface area contributed by atoms with Crippen molar-refractivity contribution in [2.24, 2.45) is 0 Å². The first kappa shape index (κ1) is 13.3. The molecule has 18 heavy (non-hydrogen) atoms. The second kappa shape index (κ2) is 5.27. The summed E-state index contributed by atoms with van der Waals surface area (Å²) in [5.41, 5.74) is 3.32. The summed E-state index contributed by atoms with van der Waals surface area (Å²) < 4.78 is 0. The summed E-state index contributed by atoms with van der Waals surface area (Å²) >= 11 is 11.9. The minimum atomic E-state index is -0.838. The van der Waals surface area contributed by atoms with Crippen LogP contribution >= 0.6 is 23.2 Å². The summed E-state index contributed by atoms with van der Waals surface area (Å²) in [7, 11) is 0. The number of aromatic nitrogens is 1. The van der Waals surface area contributed by atoms with Gasteiger partial charge in [0, 0.05) is 6.20 Å². The molecule has 0 bridgehead atoms. The molecule has 1 N–H and O–H groups in total. The quantitative estimate of drug-likeness (QED) is 0.900. The average molecular weight is 282 g/mol. The van der Waals surface area contributed by atoms with Gasteiger partial charge in [-0.25, -0.2) is 0 Å². The summed E-state index contributed by atoms with van der Waals surface area (Å²) in [5.74, 6) is 0. The van der Waals surface area contributed by atoms with E-state index in [9.17, 15) is 5.11 Å². The van der Waals surface area contributed by atoms with Crippen LogP contribution in [-0.4, -0.2) is 10.1 Å². The van der Waals surface area contributed by atoms with Crippen molar-refractivity contribution in [3.63, 3.8) is 0 Å². The normalized spacial score (nSPS) is 12.5.